The molecule has 0 saturated heterocycles. The van der Waals surface area contributed by atoms with Gasteiger partial charge in [-0.15, -0.1) is 0 Å². The summed E-state index contributed by atoms with van der Waals surface area (Å²) in [7, 11) is 0. The predicted octanol–water partition coefficient (Wildman–Crippen LogP) is 3.36. The first kappa shape index (κ1) is 10.7. The van der Waals surface area contributed by atoms with Crippen molar-refractivity contribution in [1.29, 1.82) is 5.26 Å². The Kier molecular flexibility index (Phi) is 3.15. The van der Waals surface area contributed by atoms with Crippen LogP contribution in [0.1, 0.15) is 19.3 Å². The van der Waals surface area contributed by atoms with Crippen LogP contribution in [0.2, 0.25) is 0 Å². The molecule has 3 heteroatoms. The van der Waals surface area contributed by atoms with Crippen LogP contribution < -0.4 is 4.74 Å². The molecule has 1 aliphatic rings. The molecule has 2 rings (SSSR count). The highest BCUT2D eigenvalue weighted by Gasteiger charge is 2.43. The zero-order chi connectivity index (χ0) is 10.7. The third-order valence-corrected chi connectivity index (χ3v) is 3.49. The summed E-state index contributed by atoms with van der Waals surface area (Å²) in [5.74, 6) is 0.902. The smallest absolute Gasteiger partial charge is 0.119 e. The summed E-state index contributed by atoms with van der Waals surface area (Å²) in [4.78, 5) is 0. The monoisotopic (exact) mass is 313 g/mol. The van der Waals surface area contributed by atoms with E-state index < -0.39 is 0 Å². The average Bonchev–Trinajstić information content (AvgIpc) is 2.99. The van der Waals surface area contributed by atoms with Crippen molar-refractivity contribution in [1.82, 2.24) is 0 Å². The van der Waals surface area contributed by atoms with E-state index in [0.29, 0.717) is 13.0 Å². The molecular formula is C12H12INO. The number of hydrogen-bond donors (Lipinski definition) is 0. The molecule has 1 saturated carbocycles. The Bertz CT molecular complexity index is 376. The Morgan fingerprint density at radius 3 is 2.53 bits per heavy atom. The Labute approximate surface area is 103 Å². The van der Waals surface area contributed by atoms with E-state index in [1.807, 2.05) is 24.3 Å². The maximum absolute atomic E-state index is 8.67. The molecule has 1 fully saturated rings. The number of benzene rings is 1. The van der Waals surface area contributed by atoms with Gasteiger partial charge in [-0.3, -0.25) is 0 Å². The molecule has 78 valence electrons. The molecule has 1 aromatic carbocycles. The molecule has 15 heavy (non-hydrogen) atoms. The molecule has 1 aliphatic carbocycles. The summed E-state index contributed by atoms with van der Waals surface area (Å²) in [6, 6.07) is 10.2. The van der Waals surface area contributed by atoms with Crippen molar-refractivity contribution in [2.45, 2.75) is 19.3 Å². The zero-order valence-corrected chi connectivity index (χ0v) is 10.5. The number of nitrogens with zero attached hydrogens (tertiary/aromatic N) is 1. The molecule has 0 atom stereocenters. The summed E-state index contributed by atoms with van der Waals surface area (Å²) in [6.07, 6.45) is 2.88. The lowest BCUT2D eigenvalue weighted by molar-refractivity contribution is 0.237. The van der Waals surface area contributed by atoms with E-state index in [9.17, 15) is 0 Å². The fraction of sp³-hybridized carbons (Fsp3) is 0.417. The topological polar surface area (TPSA) is 33.0 Å². The lowest BCUT2D eigenvalue weighted by Gasteiger charge is -2.12. The summed E-state index contributed by atoms with van der Waals surface area (Å²) < 4.78 is 6.89. The van der Waals surface area contributed by atoms with Crippen LogP contribution >= 0.6 is 22.6 Å². The summed E-state index contributed by atoms with van der Waals surface area (Å²) in [5.41, 5.74) is 0.164. The van der Waals surface area contributed by atoms with Crippen LogP contribution in [0, 0.1) is 20.3 Å². The summed E-state index contributed by atoms with van der Waals surface area (Å²) in [5, 5.41) is 8.67. The summed E-state index contributed by atoms with van der Waals surface area (Å²) >= 11 is 2.27. The Morgan fingerprint density at radius 1 is 1.33 bits per heavy atom. The lowest BCUT2D eigenvalue weighted by Crippen LogP contribution is -2.12. The van der Waals surface area contributed by atoms with Crippen molar-refractivity contribution in [2.75, 3.05) is 6.61 Å². The maximum atomic E-state index is 8.67. The first-order chi connectivity index (χ1) is 7.24. The van der Waals surface area contributed by atoms with Crippen LogP contribution in [0.15, 0.2) is 24.3 Å². The second kappa shape index (κ2) is 4.40. The fourth-order valence-corrected chi connectivity index (χ4v) is 1.84. The minimum Gasteiger partial charge on any atom is -0.493 e. The van der Waals surface area contributed by atoms with Gasteiger partial charge in [0, 0.05) is 15.4 Å². The second-order valence-corrected chi connectivity index (χ2v) is 5.32. The normalized spacial score (nSPS) is 16.8. The Balaban J connectivity index is 1.88. The molecule has 0 N–H and O–H groups in total. The highest BCUT2D eigenvalue weighted by atomic mass is 127. The summed E-state index contributed by atoms with van der Waals surface area (Å²) in [6.45, 7) is 0.682. The van der Waals surface area contributed by atoms with E-state index in [1.165, 1.54) is 3.57 Å². The molecule has 0 radical (unpaired) electrons. The quantitative estimate of drug-likeness (QED) is 0.799. The van der Waals surface area contributed by atoms with Crippen molar-refractivity contribution in [3.05, 3.63) is 27.8 Å². The van der Waals surface area contributed by atoms with Crippen LogP contribution in [0.25, 0.3) is 0 Å². The first-order valence-electron chi connectivity index (χ1n) is 4.99. The second-order valence-electron chi connectivity index (χ2n) is 4.08. The molecule has 2 nitrogen and oxygen atoms in total. The van der Waals surface area contributed by atoms with Crippen molar-refractivity contribution in [2.24, 2.45) is 5.41 Å². The predicted molar refractivity (Wildman–Crippen MR) is 66.6 cm³/mol. The fourth-order valence-electron chi connectivity index (χ4n) is 1.48. The van der Waals surface area contributed by atoms with Crippen molar-refractivity contribution in [3.63, 3.8) is 0 Å². The van der Waals surface area contributed by atoms with E-state index >= 15 is 0 Å². The molecule has 0 unspecified atom stereocenters. The van der Waals surface area contributed by atoms with E-state index in [2.05, 4.69) is 28.7 Å². The average molecular weight is 313 g/mol. The van der Waals surface area contributed by atoms with Gasteiger partial charge in [0.05, 0.1) is 12.7 Å². The standard InChI is InChI=1S/C12H12INO/c13-10-1-3-11(4-2-10)15-9-12(5-6-12)7-8-14/h1-4H,5-7,9H2. The van der Waals surface area contributed by atoms with Crippen LogP contribution in [0.4, 0.5) is 0 Å². The van der Waals surface area contributed by atoms with Gasteiger partial charge in [0.2, 0.25) is 0 Å². The third kappa shape index (κ3) is 2.85. The molecule has 0 bridgehead atoms. The van der Waals surface area contributed by atoms with E-state index in [4.69, 9.17) is 10.00 Å². The maximum Gasteiger partial charge on any atom is 0.119 e. The molecule has 0 aromatic heterocycles. The van der Waals surface area contributed by atoms with Gasteiger partial charge >= 0.3 is 0 Å². The number of nitriles is 1. The third-order valence-electron chi connectivity index (χ3n) is 2.77. The van der Waals surface area contributed by atoms with Crippen LogP contribution in [-0.2, 0) is 0 Å². The number of halogens is 1. The van der Waals surface area contributed by atoms with Gasteiger partial charge in [-0.1, -0.05) is 0 Å². The largest absolute Gasteiger partial charge is 0.493 e. The van der Waals surface area contributed by atoms with Gasteiger partial charge in [-0.2, -0.15) is 5.26 Å². The minimum absolute atomic E-state index is 0.164. The van der Waals surface area contributed by atoms with Crippen molar-refractivity contribution < 1.29 is 4.74 Å². The molecule has 0 aliphatic heterocycles. The first-order valence-corrected chi connectivity index (χ1v) is 6.07. The van der Waals surface area contributed by atoms with E-state index in [0.717, 1.165) is 18.6 Å². The molecule has 1 aromatic rings. The molecular weight excluding hydrogens is 301 g/mol. The van der Waals surface area contributed by atoms with E-state index in [1.54, 1.807) is 0 Å². The SMILES string of the molecule is N#CCC1(COc2ccc(I)cc2)CC1. The van der Waals surface area contributed by atoms with Crippen LogP contribution in [0.5, 0.6) is 5.75 Å². The number of ether oxygens (including phenoxy) is 1. The number of hydrogen-bond acceptors (Lipinski definition) is 2. The minimum atomic E-state index is 0.164. The van der Waals surface area contributed by atoms with Gasteiger partial charge < -0.3 is 4.74 Å². The van der Waals surface area contributed by atoms with Crippen molar-refractivity contribution >= 4 is 22.6 Å². The zero-order valence-electron chi connectivity index (χ0n) is 8.37. The van der Waals surface area contributed by atoms with Gasteiger partial charge in [0.25, 0.3) is 0 Å². The van der Waals surface area contributed by atoms with Crippen LogP contribution in [0.3, 0.4) is 0 Å². The van der Waals surface area contributed by atoms with Crippen LogP contribution in [-0.4, -0.2) is 6.61 Å². The van der Waals surface area contributed by atoms with Gasteiger partial charge in [0.15, 0.2) is 0 Å². The molecule has 0 amide bonds. The van der Waals surface area contributed by atoms with Gasteiger partial charge in [0.1, 0.15) is 5.75 Å². The number of rotatable bonds is 4. The Hall–Kier alpha value is -0.760. The van der Waals surface area contributed by atoms with E-state index in [-0.39, 0.29) is 5.41 Å². The Morgan fingerprint density at radius 2 is 2.00 bits per heavy atom. The highest BCUT2D eigenvalue weighted by Crippen LogP contribution is 2.48. The van der Waals surface area contributed by atoms with Gasteiger partial charge in [-0.05, 0) is 59.7 Å². The molecule has 0 heterocycles. The van der Waals surface area contributed by atoms with Gasteiger partial charge in [-0.25, -0.2) is 0 Å². The molecule has 0 spiro atoms. The highest BCUT2D eigenvalue weighted by molar-refractivity contribution is 14.1. The van der Waals surface area contributed by atoms with Crippen molar-refractivity contribution in [3.8, 4) is 11.8 Å². The lowest BCUT2D eigenvalue weighted by atomic mass is 10.1.